The number of hydrazine groups is 1. The van der Waals surface area contributed by atoms with Gasteiger partial charge in [-0.05, 0) is 24.6 Å². The molecule has 9 heteroatoms. The third-order valence-electron chi connectivity index (χ3n) is 4.61. The molecule has 4 N–H and O–H groups in total. The van der Waals surface area contributed by atoms with Crippen LogP contribution in [-0.2, 0) is 19.0 Å². The number of carbonyl (C=O) groups excluding carboxylic acids is 2. The van der Waals surface area contributed by atoms with E-state index in [0.717, 1.165) is 5.56 Å². The summed E-state index contributed by atoms with van der Waals surface area (Å²) >= 11 is 0. The van der Waals surface area contributed by atoms with Gasteiger partial charge in [-0.1, -0.05) is 5.92 Å². The highest BCUT2D eigenvalue weighted by atomic mass is 16.5. The zero-order valence-electron chi connectivity index (χ0n) is 17.3. The van der Waals surface area contributed by atoms with Crippen LogP contribution >= 0.6 is 0 Å². The summed E-state index contributed by atoms with van der Waals surface area (Å²) in [7, 11) is 1.32. The summed E-state index contributed by atoms with van der Waals surface area (Å²) in [4.78, 5) is 25.6. The molecule has 0 saturated carbocycles. The average molecular weight is 416 g/mol. The van der Waals surface area contributed by atoms with Crippen LogP contribution in [0.3, 0.4) is 0 Å². The van der Waals surface area contributed by atoms with Gasteiger partial charge in [0.15, 0.2) is 0 Å². The molecule has 0 bridgehead atoms. The molecule has 30 heavy (non-hydrogen) atoms. The lowest BCUT2D eigenvalue weighted by atomic mass is 9.94. The number of benzene rings is 1. The number of rotatable bonds is 9. The largest absolute Gasteiger partial charge is 0.465 e. The molecule has 1 atom stereocenters. The number of hydrogen-bond acceptors (Lipinski definition) is 8. The minimum atomic E-state index is -0.462. The first-order valence-electron chi connectivity index (χ1n) is 9.47. The molecule has 9 nitrogen and oxygen atoms in total. The highest BCUT2D eigenvalue weighted by Crippen LogP contribution is 2.37. The lowest BCUT2D eigenvalue weighted by Crippen LogP contribution is -2.41. The zero-order valence-corrected chi connectivity index (χ0v) is 17.3. The van der Waals surface area contributed by atoms with Crippen molar-refractivity contribution in [2.24, 2.45) is 11.6 Å². The summed E-state index contributed by atoms with van der Waals surface area (Å²) in [6.45, 7) is 3.13. The van der Waals surface area contributed by atoms with E-state index >= 15 is 0 Å². The Bertz CT molecular complexity index is 833. The standard InChI is InChI=1S/C21H28N4O5/c1-4-9-29-10-11-30-14-17(22)13-25(23)20-7-8-24(15(2)26)19-6-5-16(12-18(19)20)21(27)28-3/h1,5-6,12-13,20H,7-11,14,22-23H2,2-3H3/b17-13-/t20-/m0/s1. The second kappa shape index (κ2) is 11.2. The molecule has 162 valence electrons. The Balaban J connectivity index is 2.14. The molecule has 0 unspecified atom stereocenters. The van der Waals surface area contributed by atoms with Crippen LogP contribution in [0.4, 0.5) is 5.69 Å². The maximum absolute atomic E-state index is 12.0. The molecule has 1 amide bonds. The monoisotopic (exact) mass is 416 g/mol. The van der Waals surface area contributed by atoms with Crippen molar-refractivity contribution in [3.63, 3.8) is 0 Å². The third kappa shape index (κ3) is 5.97. The van der Waals surface area contributed by atoms with E-state index in [1.54, 1.807) is 29.3 Å². The molecular weight excluding hydrogens is 388 g/mol. The number of terminal acetylenes is 1. The summed E-state index contributed by atoms with van der Waals surface area (Å²) in [5.41, 5.74) is 8.28. The van der Waals surface area contributed by atoms with Crippen LogP contribution < -0.4 is 16.5 Å². The van der Waals surface area contributed by atoms with Crippen molar-refractivity contribution in [2.75, 3.05) is 45.0 Å². The molecular formula is C21H28N4O5. The van der Waals surface area contributed by atoms with E-state index in [1.807, 2.05) is 0 Å². The van der Waals surface area contributed by atoms with Gasteiger partial charge in [0, 0.05) is 30.9 Å². The zero-order chi connectivity index (χ0) is 22.1. The quantitative estimate of drug-likeness (QED) is 0.200. The Morgan fingerprint density at radius 3 is 2.77 bits per heavy atom. The minimum absolute atomic E-state index is 0.0837. The van der Waals surface area contributed by atoms with Gasteiger partial charge >= 0.3 is 5.97 Å². The second-order valence-corrected chi connectivity index (χ2v) is 6.70. The number of nitrogens with two attached hydrogens (primary N) is 2. The molecule has 0 aromatic heterocycles. The summed E-state index contributed by atoms with van der Waals surface area (Å²) in [5, 5.41) is 1.48. The van der Waals surface area contributed by atoms with E-state index < -0.39 is 5.97 Å². The summed E-state index contributed by atoms with van der Waals surface area (Å²) in [6, 6.07) is 4.78. The molecule has 2 rings (SSSR count). The smallest absolute Gasteiger partial charge is 0.337 e. The summed E-state index contributed by atoms with van der Waals surface area (Å²) in [6.07, 6.45) is 7.25. The van der Waals surface area contributed by atoms with E-state index in [9.17, 15) is 9.59 Å². The number of nitrogens with zero attached hydrogens (tertiary/aromatic N) is 2. The molecule has 0 radical (unpaired) electrons. The van der Waals surface area contributed by atoms with E-state index in [1.165, 1.54) is 19.0 Å². The number of anilines is 1. The number of esters is 1. The Kier molecular flexibility index (Phi) is 8.68. The molecule has 0 saturated heterocycles. The number of hydrogen-bond donors (Lipinski definition) is 2. The molecule has 1 aromatic rings. The van der Waals surface area contributed by atoms with Gasteiger partial charge in [-0.25, -0.2) is 10.6 Å². The second-order valence-electron chi connectivity index (χ2n) is 6.70. The maximum Gasteiger partial charge on any atom is 0.337 e. The van der Waals surface area contributed by atoms with Gasteiger partial charge in [-0.2, -0.15) is 0 Å². The Morgan fingerprint density at radius 2 is 2.10 bits per heavy atom. The molecule has 1 heterocycles. The molecule has 0 aliphatic carbocycles. The van der Waals surface area contributed by atoms with Crippen LogP contribution in [0.5, 0.6) is 0 Å². The first-order valence-corrected chi connectivity index (χ1v) is 9.47. The van der Waals surface area contributed by atoms with Gasteiger partial charge in [-0.15, -0.1) is 6.42 Å². The van der Waals surface area contributed by atoms with Crippen molar-refractivity contribution < 1.29 is 23.8 Å². The van der Waals surface area contributed by atoms with Crippen LogP contribution in [0.2, 0.25) is 0 Å². The molecule has 1 aromatic carbocycles. The Morgan fingerprint density at radius 1 is 1.37 bits per heavy atom. The molecule has 1 aliphatic heterocycles. The van der Waals surface area contributed by atoms with Gasteiger partial charge < -0.3 is 29.9 Å². The number of ether oxygens (including phenoxy) is 3. The predicted molar refractivity (Wildman–Crippen MR) is 112 cm³/mol. The number of fused-ring (bicyclic) bond motifs is 1. The normalized spacial score (nSPS) is 15.9. The molecule has 0 spiro atoms. The molecule has 1 aliphatic rings. The maximum atomic E-state index is 12.0. The van der Waals surface area contributed by atoms with Crippen molar-refractivity contribution in [3.05, 3.63) is 41.2 Å². The Labute approximate surface area is 176 Å². The van der Waals surface area contributed by atoms with Gasteiger partial charge in [0.05, 0.1) is 44.2 Å². The third-order valence-corrected chi connectivity index (χ3v) is 4.61. The summed E-state index contributed by atoms with van der Waals surface area (Å²) < 4.78 is 15.4. The Hall–Kier alpha value is -3.06. The van der Waals surface area contributed by atoms with Gasteiger partial charge in [0.2, 0.25) is 5.91 Å². The highest BCUT2D eigenvalue weighted by molar-refractivity contribution is 5.95. The fourth-order valence-electron chi connectivity index (χ4n) is 3.23. The minimum Gasteiger partial charge on any atom is -0.465 e. The number of carbonyl (C=O) groups is 2. The van der Waals surface area contributed by atoms with Crippen molar-refractivity contribution in [1.82, 2.24) is 5.01 Å². The lowest BCUT2D eigenvalue weighted by molar-refractivity contribution is -0.116. The highest BCUT2D eigenvalue weighted by Gasteiger charge is 2.30. The van der Waals surface area contributed by atoms with Crippen LogP contribution in [0.15, 0.2) is 30.1 Å². The van der Waals surface area contributed by atoms with Gasteiger partial charge in [0.25, 0.3) is 0 Å². The van der Waals surface area contributed by atoms with Gasteiger partial charge in [0.1, 0.15) is 6.61 Å². The van der Waals surface area contributed by atoms with E-state index in [-0.39, 0.29) is 25.2 Å². The summed E-state index contributed by atoms with van der Waals surface area (Å²) in [5.74, 6) is 8.10. The van der Waals surface area contributed by atoms with Crippen molar-refractivity contribution in [1.29, 1.82) is 0 Å². The van der Waals surface area contributed by atoms with Crippen molar-refractivity contribution >= 4 is 17.6 Å². The van der Waals surface area contributed by atoms with Crippen LogP contribution in [-0.4, -0.2) is 57.0 Å². The predicted octanol–water partition coefficient (Wildman–Crippen LogP) is 0.913. The lowest BCUT2D eigenvalue weighted by Gasteiger charge is -2.37. The van der Waals surface area contributed by atoms with E-state index in [0.29, 0.717) is 43.1 Å². The first kappa shape index (κ1) is 23.2. The van der Waals surface area contributed by atoms with E-state index in [4.69, 9.17) is 32.2 Å². The van der Waals surface area contributed by atoms with Crippen molar-refractivity contribution in [2.45, 2.75) is 19.4 Å². The van der Waals surface area contributed by atoms with Crippen LogP contribution in [0, 0.1) is 12.3 Å². The average Bonchev–Trinajstić information content (AvgIpc) is 2.74. The fraction of sp³-hybridized carbons (Fsp3) is 0.429. The van der Waals surface area contributed by atoms with E-state index in [2.05, 4.69) is 5.92 Å². The fourth-order valence-corrected chi connectivity index (χ4v) is 3.23. The SMILES string of the molecule is C#CCOCCOC/C(N)=C/N(N)[C@H]1CCN(C(C)=O)c2ccc(C(=O)OC)cc21. The van der Waals surface area contributed by atoms with Crippen molar-refractivity contribution in [3.8, 4) is 12.3 Å². The topological polar surface area (TPSA) is 120 Å². The number of methoxy groups -OCH3 is 1. The van der Waals surface area contributed by atoms with Crippen LogP contribution in [0.25, 0.3) is 0 Å². The molecule has 0 fully saturated rings. The first-order chi connectivity index (χ1) is 14.4. The number of amides is 1. The van der Waals surface area contributed by atoms with Gasteiger partial charge in [-0.3, -0.25) is 4.79 Å². The van der Waals surface area contributed by atoms with Crippen LogP contribution in [0.1, 0.15) is 35.3 Å².